The van der Waals surface area contributed by atoms with Crippen molar-refractivity contribution in [1.82, 2.24) is 9.97 Å². The Morgan fingerprint density at radius 1 is 1.00 bits per heavy atom. The minimum atomic E-state index is 0.588. The van der Waals surface area contributed by atoms with E-state index in [0.717, 1.165) is 55.6 Å². The van der Waals surface area contributed by atoms with Gasteiger partial charge >= 0.3 is 0 Å². The normalized spacial score (nSPS) is 11.9. The minimum absolute atomic E-state index is 0.588. The molecule has 0 unspecified atom stereocenters. The third-order valence-electron chi connectivity index (χ3n) is 5.22. The van der Waals surface area contributed by atoms with Crippen LogP contribution in [0.3, 0.4) is 0 Å². The van der Waals surface area contributed by atoms with Crippen molar-refractivity contribution in [3.63, 3.8) is 0 Å². The van der Waals surface area contributed by atoms with Gasteiger partial charge < -0.3 is 14.1 Å². The number of nitrogens with zero attached hydrogens (tertiary/aromatic N) is 2. The summed E-state index contributed by atoms with van der Waals surface area (Å²) < 4.78 is 11.6. The summed E-state index contributed by atoms with van der Waals surface area (Å²) in [6.07, 6.45) is 0. The summed E-state index contributed by atoms with van der Waals surface area (Å²) in [5.74, 6) is 2.12. The van der Waals surface area contributed by atoms with E-state index in [9.17, 15) is 0 Å². The fraction of sp³-hybridized carbons (Fsp3) is 0.120. The molecule has 0 saturated heterocycles. The van der Waals surface area contributed by atoms with Gasteiger partial charge in [-0.3, -0.25) is 0 Å². The first kappa shape index (κ1) is 18.9. The first-order chi connectivity index (χ1) is 15.1. The highest BCUT2D eigenvalue weighted by Gasteiger charge is 2.10. The van der Waals surface area contributed by atoms with Crippen molar-refractivity contribution in [2.45, 2.75) is 13.8 Å². The molecule has 0 fully saturated rings. The van der Waals surface area contributed by atoms with Crippen LogP contribution in [0.5, 0.6) is 5.75 Å². The van der Waals surface area contributed by atoms with Crippen LogP contribution >= 0.6 is 0 Å². The van der Waals surface area contributed by atoms with Gasteiger partial charge in [0.1, 0.15) is 17.1 Å². The van der Waals surface area contributed by atoms with E-state index < -0.39 is 0 Å². The van der Waals surface area contributed by atoms with Crippen LogP contribution in [0.1, 0.15) is 11.1 Å². The van der Waals surface area contributed by atoms with E-state index in [1.165, 1.54) is 0 Å². The van der Waals surface area contributed by atoms with Crippen molar-refractivity contribution in [2.24, 2.45) is 5.10 Å². The molecule has 0 atom stereocenters. The SMILES string of the molecule is COc1ccc(-c2cc(=NNc3nc4ccccc4[nH]3)c3cc(C)cc(C)c3o2)cc1. The summed E-state index contributed by atoms with van der Waals surface area (Å²) in [5.41, 5.74) is 8.89. The number of hydrogen-bond acceptors (Lipinski definition) is 5. The predicted octanol–water partition coefficient (Wildman–Crippen LogP) is 5.53. The molecule has 0 aliphatic rings. The second-order valence-electron chi connectivity index (χ2n) is 7.51. The Kier molecular flexibility index (Phi) is 4.67. The predicted molar refractivity (Wildman–Crippen MR) is 123 cm³/mol. The van der Waals surface area contributed by atoms with E-state index >= 15 is 0 Å². The Morgan fingerprint density at radius 2 is 1.81 bits per heavy atom. The first-order valence-electron chi connectivity index (χ1n) is 10.0. The van der Waals surface area contributed by atoms with E-state index in [0.29, 0.717) is 5.95 Å². The quantitative estimate of drug-likeness (QED) is 0.382. The van der Waals surface area contributed by atoms with E-state index in [4.69, 9.17) is 9.15 Å². The lowest BCUT2D eigenvalue weighted by atomic mass is 10.1. The Labute approximate surface area is 179 Å². The molecule has 2 N–H and O–H groups in total. The third kappa shape index (κ3) is 3.64. The number of H-pyrrole nitrogens is 1. The molecule has 0 amide bonds. The molecule has 5 aromatic rings. The molecule has 0 aliphatic heterocycles. The molecule has 0 saturated carbocycles. The Hall–Kier alpha value is -4.06. The van der Waals surface area contributed by atoms with Crippen molar-refractivity contribution in [1.29, 1.82) is 0 Å². The van der Waals surface area contributed by atoms with Crippen LogP contribution in [0.4, 0.5) is 5.95 Å². The van der Waals surface area contributed by atoms with E-state index in [1.54, 1.807) is 7.11 Å². The number of fused-ring (bicyclic) bond motifs is 2. The molecule has 0 radical (unpaired) electrons. The van der Waals surface area contributed by atoms with E-state index in [1.807, 2.05) is 61.5 Å². The smallest absolute Gasteiger partial charge is 0.222 e. The van der Waals surface area contributed by atoms with Gasteiger partial charge in [-0.1, -0.05) is 18.2 Å². The van der Waals surface area contributed by atoms with Crippen LogP contribution < -0.4 is 15.5 Å². The maximum atomic E-state index is 6.30. The number of benzene rings is 3. The van der Waals surface area contributed by atoms with Gasteiger partial charge in [-0.05, 0) is 67.4 Å². The molecule has 0 bridgehead atoms. The topological polar surface area (TPSA) is 75.4 Å². The molecular formula is C25H22N4O2. The molecule has 0 spiro atoms. The highest BCUT2D eigenvalue weighted by atomic mass is 16.5. The fourth-order valence-electron chi connectivity index (χ4n) is 3.73. The summed E-state index contributed by atoms with van der Waals surface area (Å²) in [6, 6.07) is 21.8. The summed E-state index contributed by atoms with van der Waals surface area (Å²) in [6.45, 7) is 4.12. The van der Waals surface area contributed by atoms with Crippen LogP contribution in [-0.2, 0) is 0 Å². The van der Waals surface area contributed by atoms with Gasteiger partial charge in [-0.25, -0.2) is 10.4 Å². The first-order valence-corrected chi connectivity index (χ1v) is 10.0. The zero-order chi connectivity index (χ0) is 21.4. The number of aromatic nitrogens is 2. The molecule has 0 aliphatic carbocycles. The fourth-order valence-corrected chi connectivity index (χ4v) is 3.73. The van der Waals surface area contributed by atoms with Crippen molar-refractivity contribution in [3.8, 4) is 17.1 Å². The van der Waals surface area contributed by atoms with Crippen LogP contribution in [0.2, 0.25) is 0 Å². The highest BCUT2D eigenvalue weighted by Crippen LogP contribution is 2.26. The minimum Gasteiger partial charge on any atom is -0.497 e. The number of methoxy groups -OCH3 is 1. The second-order valence-corrected chi connectivity index (χ2v) is 7.51. The van der Waals surface area contributed by atoms with Gasteiger partial charge in [-0.2, -0.15) is 5.10 Å². The summed E-state index contributed by atoms with van der Waals surface area (Å²) in [4.78, 5) is 7.79. The number of imidazole rings is 1. The molecule has 31 heavy (non-hydrogen) atoms. The number of hydrogen-bond donors (Lipinski definition) is 2. The summed E-state index contributed by atoms with van der Waals surface area (Å²) in [5, 5.41) is 6.39. The van der Waals surface area contributed by atoms with Gasteiger partial charge in [-0.15, -0.1) is 0 Å². The van der Waals surface area contributed by atoms with Crippen LogP contribution in [0.15, 0.2) is 76.2 Å². The van der Waals surface area contributed by atoms with Crippen molar-refractivity contribution in [2.75, 3.05) is 12.5 Å². The largest absolute Gasteiger partial charge is 0.497 e. The zero-order valence-electron chi connectivity index (χ0n) is 17.6. The van der Waals surface area contributed by atoms with Gasteiger partial charge in [0.05, 0.1) is 23.5 Å². The molecule has 3 aromatic carbocycles. The van der Waals surface area contributed by atoms with Crippen molar-refractivity contribution >= 4 is 28.0 Å². The Morgan fingerprint density at radius 3 is 2.58 bits per heavy atom. The molecule has 2 heterocycles. The zero-order valence-corrected chi connectivity index (χ0v) is 17.6. The number of aromatic amines is 1. The maximum Gasteiger partial charge on any atom is 0.222 e. The molecule has 154 valence electrons. The number of para-hydroxylation sites is 2. The maximum absolute atomic E-state index is 6.30. The average Bonchev–Trinajstić information content (AvgIpc) is 3.21. The molecule has 5 rings (SSSR count). The number of ether oxygens (including phenoxy) is 1. The number of aryl methyl sites for hydroxylation is 2. The van der Waals surface area contributed by atoms with Gasteiger partial charge in [0.2, 0.25) is 5.95 Å². The van der Waals surface area contributed by atoms with Gasteiger partial charge in [0.25, 0.3) is 0 Å². The van der Waals surface area contributed by atoms with Crippen LogP contribution in [0.25, 0.3) is 33.3 Å². The van der Waals surface area contributed by atoms with Crippen molar-refractivity contribution in [3.05, 3.63) is 83.2 Å². The standard InChI is InChI=1S/C25H22N4O2/c1-15-12-16(2)24-19(13-15)22(14-23(31-24)17-8-10-18(30-3)11-9-17)28-29-25-26-20-6-4-5-7-21(20)27-25/h4-14H,1-3H3,(H2,26,27,29). The molecular weight excluding hydrogens is 388 g/mol. The lowest BCUT2D eigenvalue weighted by molar-refractivity contribution is 0.415. The highest BCUT2D eigenvalue weighted by molar-refractivity contribution is 5.82. The Bertz CT molecular complexity index is 1430. The molecule has 6 nitrogen and oxygen atoms in total. The second kappa shape index (κ2) is 7.65. The monoisotopic (exact) mass is 410 g/mol. The lowest BCUT2D eigenvalue weighted by Crippen LogP contribution is -2.09. The molecule has 6 heteroatoms. The van der Waals surface area contributed by atoms with Gasteiger partial charge in [0, 0.05) is 17.0 Å². The molecule has 2 aromatic heterocycles. The van der Waals surface area contributed by atoms with Gasteiger partial charge in [0.15, 0.2) is 0 Å². The van der Waals surface area contributed by atoms with E-state index in [-0.39, 0.29) is 0 Å². The van der Waals surface area contributed by atoms with Crippen molar-refractivity contribution < 1.29 is 9.15 Å². The third-order valence-corrected chi connectivity index (χ3v) is 5.22. The van der Waals surface area contributed by atoms with Crippen LogP contribution in [0, 0.1) is 13.8 Å². The Balaban J connectivity index is 1.66. The number of anilines is 1. The summed E-state index contributed by atoms with van der Waals surface area (Å²) >= 11 is 0. The summed E-state index contributed by atoms with van der Waals surface area (Å²) in [7, 11) is 1.65. The average molecular weight is 410 g/mol. The van der Waals surface area contributed by atoms with E-state index in [2.05, 4.69) is 39.6 Å². The number of rotatable bonds is 4. The number of nitrogens with one attached hydrogen (secondary N) is 2. The lowest BCUT2D eigenvalue weighted by Gasteiger charge is -2.09. The van der Waals surface area contributed by atoms with Crippen LogP contribution in [-0.4, -0.2) is 17.1 Å².